The lowest BCUT2D eigenvalue weighted by Gasteiger charge is -2.12. The van der Waals surface area contributed by atoms with Crippen LogP contribution in [0.3, 0.4) is 0 Å². The third-order valence-corrected chi connectivity index (χ3v) is 5.66. The first-order valence-electron chi connectivity index (χ1n) is 10.5. The number of ether oxygens (including phenoxy) is 1. The fraction of sp³-hybridized carbons (Fsp3) is 0.250. The van der Waals surface area contributed by atoms with Crippen molar-refractivity contribution in [2.75, 3.05) is 6.61 Å². The fourth-order valence-electron chi connectivity index (χ4n) is 3.86. The van der Waals surface area contributed by atoms with E-state index in [0.717, 1.165) is 28.9 Å². The molecule has 3 aromatic heterocycles. The lowest BCUT2D eigenvalue weighted by molar-refractivity contribution is 0.340. The molecular weight excluding hydrogens is 390 g/mol. The largest absolute Gasteiger partial charge is 0.494 e. The molecule has 0 aliphatic carbocycles. The van der Waals surface area contributed by atoms with E-state index in [0.29, 0.717) is 28.8 Å². The molecule has 0 bridgehead atoms. The number of nitrogens with zero attached hydrogens (tertiary/aromatic N) is 5. The third kappa shape index (κ3) is 3.04. The number of benzene rings is 2. The van der Waals surface area contributed by atoms with Crippen LogP contribution in [0.2, 0.25) is 0 Å². The Kier molecular flexibility index (Phi) is 4.66. The molecule has 0 radical (unpaired) electrons. The first-order chi connectivity index (χ1) is 15.1. The van der Waals surface area contributed by atoms with Gasteiger partial charge in [0.05, 0.1) is 17.6 Å². The van der Waals surface area contributed by atoms with Gasteiger partial charge in [-0.15, -0.1) is 0 Å². The molecule has 5 aromatic rings. The van der Waals surface area contributed by atoms with Crippen LogP contribution in [0.15, 0.2) is 59.7 Å². The summed E-state index contributed by atoms with van der Waals surface area (Å²) in [6.07, 6.45) is 2.46. The van der Waals surface area contributed by atoms with Crippen LogP contribution < -0.4 is 10.3 Å². The second-order valence-corrected chi connectivity index (χ2v) is 7.56. The maximum absolute atomic E-state index is 13.5. The van der Waals surface area contributed by atoms with Gasteiger partial charge in [0.15, 0.2) is 11.3 Å². The van der Waals surface area contributed by atoms with Crippen molar-refractivity contribution in [1.82, 2.24) is 24.1 Å². The maximum Gasteiger partial charge on any atom is 0.265 e. The molecule has 5 rings (SSSR count). The lowest BCUT2D eigenvalue weighted by atomic mass is 10.2. The number of aromatic nitrogens is 5. The Morgan fingerprint density at radius 2 is 1.68 bits per heavy atom. The quantitative estimate of drug-likeness (QED) is 0.419. The van der Waals surface area contributed by atoms with Crippen molar-refractivity contribution in [3.63, 3.8) is 0 Å². The molecule has 0 saturated heterocycles. The van der Waals surface area contributed by atoms with Crippen LogP contribution in [0.1, 0.15) is 33.2 Å². The predicted octanol–water partition coefficient (Wildman–Crippen LogP) is 4.65. The minimum atomic E-state index is -0.0985. The summed E-state index contributed by atoms with van der Waals surface area (Å²) in [7, 11) is 0. The Labute approximate surface area is 179 Å². The Morgan fingerprint density at radius 3 is 2.35 bits per heavy atom. The van der Waals surface area contributed by atoms with Gasteiger partial charge in [0.2, 0.25) is 0 Å². The van der Waals surface area contributed by atoms with Crippen LogP contribution in [0.4, 0.5) is 0 Å². The van der Waals surface area contributed by atoms with Gasteiger partial charge in [-0.25, -0.2) is 15.0 Å². The molecule has 0 amide bonds. The summed E-state index contributed by atoms with van der Waals surface area (Å²) < 4.78 is 9.16. The van der Waals surface area contributed by atoms with Crippen molar-refractivity contribution in [2.24, 2.45) is 0 Å². The molecule has 0 aliphatic rings. The van der Waals surface area contributed by atoms with Crippen molar-refractivity contribution in [3.8, 4) is 11.4 Å². The van der Waals surface area contributed by atoms with E-state index in [4.69, 9.17) is 14.7 Å². The molecule has 2 aromatic carbocycles. The molecule has 7 nitrogen and oxygen atoms in total. The second-order valence-electron chi connectivity index (χ2n) is 7.56. The van der Waals surface area contributed by atoms with Crippen molar-refractivity contribution in [2.45, 2.75) is 33.2 Å². The highest BCUT2D eigenvalue weighted by atomic mass is 16.5. The summed E-state index contributed by atoms with van der Waals surface area (Å²) in [5.41, 5.74) is 4.01. The average Bonchev–Trinajstić information content (AvgIpc) is 3.12. The van der Waals surface area contributed by atoms with Crippen molar-refractivity contribution >= 4 is 33.2 Å². The summed E-state index contributed by atoms with van der Waals surface area (Å²) in [5.74, 6) is 0.788. The van der Waals surface area contributed by atoms with Gasteiger partial charge < -0.3 is 4.74 Å². The molecule has 0 aliphatic heterocycles. The number of rotatable bonds is 5. The third-order valence-electron chi connectivity index (χ3n) is 5.66. The molecule has 31 heavy (non-hydrogen) atoms. The van der Waals surface area contributed by atoms with Gasteiger partial charge in [-0.1, -0.05) is 19.1 Å². The van der Waals surface area contributed by atoms with E-state index in [1.54, 1.807) is 10.9 Å². The topological polar surface area (TPSA) is 74.8 Å². The van der Waals surface area contributed by atoms with Crippen molar-refractivity contribution in [3.05, 3.63) is 65.2 Å². The zero-order chi connectivity index (χ0) is 21.5. The number of para-hydroxylation sites is 2. The number of hydrogen-bond donors (Lipinski definition) is 0. The van der Waals surface area contributed by atoms with E-state index in [-0.39, 0.29) is 11.6 Å². The van der Waals surface area contributed by atoms with Crippen molar-refractivity contribution in [1.29, 1.82) is 0 Å². The highest BCUT2D eigenvalue weighted by molar-refractivity contribution is 6.05. The van der Waals surface area contributed by atoms with Crippen LogP contribution in [0.25, 0.3) is 38.9 Å². The summed E-state index contributed by atoms with van der Waals surface area (Å²) in [6.45, 7) is 6.62. The Hall–Kier alpha value is -3.74. The van der Waals surface area contributed by atoms with Crippen LogP contribution in [0.5, 0.6) is 5.75 Å². The monoisotopic (exact) mass is 413 g/mol. The Bertz CT molecular complexity index is 1470. The molecule has 0 saturated carbocycles. The molecule has 0 unspecified atom stereocenters. The first-order valence-corrected chi connectivity index (χ1v) is 10.5. The number of hydrogen-bond acceptors (Lipinski definition) is 5. The zero-order valence-corrected chi connectivity index (χ0v) is 17.7. The van der Waals surface area contributed by atoms with Crippen LogP contribution >= 0.6 is 0 Å². The maximum atomic E-state index is 13.5. The molecular formula is C24H23N5O2. The van der Waals surface area contributed by atoms with Gasteiger partial charge in [0, 0.05) is 11.7 Å². The SMILES string of the molecule is CCOc1ccc(-n2c3nc4ccccc4nc3c3c(=O)n([C@@H](C)CC)cnc32)cc1. The van der Waals surface area contributed by atoms with Crippen LogP contribution in [-0.2, 0) is 0 Å². The van der Waals surface area contributed by atoms with E-state index in [1.807, 2.05) is 66.9 Å². The van der Waals surface area contributed by atoms with E-state index in [1.165, 1.54) is 0 Å². The second kappa shape index (κ2) is 7.50. The highest BCUT2D eigenvalue weighted by Crippen LogP contribution is 2.29. The standard InChI is InChI=1S/C24H23N5O2/c1-4-15(3)28-14-25-22-20(24(28)30)21-23(27-19-9-7-6-8-18(19)26-21)29(22)16-10-12-17(13-11-16)31-5-2/h6-15H,4-5H2,1-3H3/t15-/m0/s1. The molecule has 3 heterocycles. The minimum Gasteiger partial charge on any atom is -0.494 e. The average molecular weight is 413 g/mol. The van der Waals surface area contributed by atoms with Crippen LogP contribution in [0, 0.1) is 0 Å². The molecule has 156 valence electrons. The van der Waals surface area contributed by atoms with Gasteiger partial charge in [-0.05, 0) is 56.7 Å². The van der Waals surface area contributed by atoms with Crippen molar-refractivity contribution < 1.29 is 4.74 Å². The van der Waals surface area contributed by atoms with Gasteiger partial charge in [-0.3, -0.25) is 13.9 Å². The molecule has 0 fully saturated rings. The highest BCUT2D eigenvalue weighted by Gasteiger charge is 2.21. The summed E-state index contributed by atoms with van der Waals surface area (Å²) in [6, 6.07) is 15.4. The van der Waals surface area contributed by atoms with Crippen LogP contribution in [-0.4, -0.2) is 30.7 Å². The van der Waals surface area contributed by atoms with Gasteiger partial charge in [0.1, 0.15) is 23.0 Å². The molecule has 0 N–H and O–H groups in total. The minimum absolute atomic E-state index is 0.0432. The summed E-state index contributed by atoms with van der Waals surface area (Å²) in [4.78, 5) is 27.9. The van der Waals surface area contributed by atoms with E-state index in [2.05, 4.69) is 11.9 Å². The smallest absolute Gasteiger partial charge is 0.265 e. The normalized spacial score (nSPS) is 12.6. The fourth-order valence-corrected chi connectivity index (χ4v) is 3.86. The van der Waals surface area contributed by atoms with E-state index >= 15 is 0 Å². The molecule has 0 spiro atoms. The Balaban J connectivity index is 1.89. The van der Waals surface area contributed by atoms with Gasteiger partial charge in [0.25, 0.3) is 5.56 Å². The molecule has 7 heteroatoms. The van der Waals surface area contributed by atoms with Gasteiger partial charge >= 0.3 is 0 Å². The summed E-state index contributed by atoms with van der Waals surface area (Å²) in [5, 5.41) is 0.491. The van der Waals surface area contributed by atoms with E-state index < -0.39 is 0 Å². The molecule has 1 atom stereocenters. The zero-order valence-electron chi connectivity index (χ0n) is 17.7. The first kappa shape index (κ1) is 19.2. The van der Waals surface area contributed by atoms with E-state index in [9.17, 15) is 4.79 Å². The lowest BCUT2D eigenvalue weighted by Crippen LogP contribution is -2.23. The summed E-state index contributed by atoms with van der Waals surface area (Å²) >= 11 is 0. The van der Waals surface area contributed by atoms with Gasteiger partial charge in [-0.2, -0.15) is 0 Å². The number of fused-ring (bicyclic) bond motifs is 4. The Morgan fingerprint density at radius 1 is 0.968 bits per heavy atom. The predicted molar refractivity (Wildman–Crippen MR) is 122 cm³/mol.